The summed E-state index contributed by atoms with van der Waals surface area (Å²) in [4.78, 5) is 0. The summed E-state index contributed by atoms with van der Waals surface area (Å²) >= 11 is 0. The molecule has 1 aromatic rings. The Morgan fingerprint density at radius 3 is 2.31 bits per heavy atom. The lowest BCUT2D eigenvalue weighted by atomic mass is 10.1. The van der Waals surface area contributed by atoms with Gasteiger partial charge in [-0.3, -0.25) is 0 Å². The number of phenols is 1. The van der Waals surface area contributed by atoms with Gasteiger partial charge < -0.3 is 10.2 Å². The number of halogens is 1. The average Bonchev–Trinajstić information content (AvgIpc) is 2.22. The van der Waals surface area contributed by atoms with Gasteiger partial charge in [-0.15, -0.1) is 6.58 Å². The molecule has 0 aromatic heterocycles. The van der Waals surface area contributed by atoms with E-state index in [0.29, 0.717) is 12.3 Å². The van der Waals surface area contributed by atoms with Crippen LogP contribution in [0.4, 0.5) is 4.39 Å². The SMILES string of the molecule is C=CC(C)CC(=C)O.Oc1ccccc1F. The van der Waals surface area contributed by atoms with E-state index >= 15 is 0 Å². The van der Waals surface area contributed by atoms with Gasteiger partial charge in [0.1, 0.15) is 0 Å². The zero-order valence-electron chi connectivity index (χ0n) is 9.36. The minimum Gasteiger partial charge on any atom is -0.513 e. The standard InChI is InChI=1S/C7H12O.C6H5FO/c1-4-6(2)5-7(3)8;7-5-3-1-2-4-6(5)8/h4,6,8H,1,3,5H2,2H3;1-4,8H. The van der Waals surface area contributed by atoms with E-state index in [2.05, 4.69) is 13.2 Å². The van der Waals surface area contributed by atoms with Crippen molar-refractivity contribution in [1.29, 1.82) is 0 Å². The molecular weight excluding hydrogens is 207 g/mol. The largest absolute Gasteiger partial charge is 0.513 e. The molecule has 0 aliphatic rings. The summed E-state index contributed by atoms with van der Waals surface area (Å²) in [5.74, 6) is -0.301. The summed E-state index contributed by atoms with van der Waals surface area (Å²) in [6.45, 7) is 8.89. The van der Waals surface area contributed by atoms with Crippen molar-refractivity contribution in [3.8, 4) is 5.75 Å². The molecular formula is C13H17FO2. The quantitative estimate of drug-likeness (QED) is 0.605. The van der Waals surface area contributed by atoms with Crippen molar-refractivity contribution in [1.82, 2.24) is 0 Å². The van der Waals surface area contributed by atoms with E-state index in [1.165, 1.54) is 18.2 Å². The Morgan fingerprint density at radius 1 is 1.50 bits per heavy atom. The van der Waals surface area contributed by atoms with Crippen LogP contribution < -0.4 is 0 Å². The van der Waals surface area contributed by atoms with Crippen molar-refractivity contribution in [3.63, 3.8) is 0 Å². The third-order valence-electron chi connectivity index (χ3n) is 1.81. The Morgan fingerprint density at radius 2 is 2.06 bits per heavy atom. The summed E-state index contributed by atoms with van der Waals surface area (Å²) in [6.07, 6.45) is 2.42. The number of benzene rings is 1. The zero-order chi connectivity index (χ0) is 12.6. The van der Waals surface area contributed by atoms with Crippen molar-refractivity contribution < 1.29 is 14.6 Å². The maximum Gasteiger partial charge on any atom is 0.164 e. The monoisotopic (exact) mass is 224 g/mol. The third kappa shape index (κ3) is 6.65. The Labute approximate surface area is 95.4 Å². The number of para-hydroxylation sites is 1. The Balaban J connectivity index is 0.000000281. The molecule has 3 heteroatoms. The maximum atomic E-state index is 12.1. The normalized spacial score (nSPS) is 10.9. The molecule has 0 saturated heterocycles. The number of aliphatic hydroxyl groups is 1. The van der Waals surface area contributed by atoms with Crippen LogP contribution in [0.25, 0.3) is 0 Å². The number of aliphatic hydroxyl groups excluding tert-OH is 1. The summed E-state index contributed by atoms with van der Waals surface area (Å²) in [5.41, 5.74) is 0. The minimum atomic E-state index is -0.576. The first-order valence-electron chi connectivity index (χ1n) is 4.90. The predicted octanol–water partition coefficient (Wildman–Crippen LogP) is 3.80. The van der Waals surface area contributed by atoms with E-state index in [0.717, 1.165) is 0 Å². The first kappa shape index (κ1) is 14.2. The molecule has 0 heterocycles. The molecule has 0 fully saturated rings. The molecule has 88 valence electrons. The predicted molar refractivity (Wildman–Crippen MR) is 63.8 cm³/mol. The van der Waals surface area contributed by atoms with Crippen molar-refractivity contribution in [3.05, 3.63) is 55.1 Å². The molecule has 0 aliphatic heterocycles. The molecule has 16 heavy (non-hydrogen) atoms. The molecule has 1 unspecified atom stereocenters. The Bertz CT molecular complexity index is 327. The first-order chi connectivity index (χ1) is 7.47. The van der Waals surface area contributed by atoms with Crippen LogP contribution in [0.2, 0.25) is 0 Å². The van der Waals surface area contributed by atoms with Crippen molar-refractivity contribution >= 4 is 0 Å². The number of rotatable bonds is 3. The van der Waals surface area contributed by atoms with Crippen LogP contribution in [0.5, 0.6) is 5.75 Å². The molecule has 1 aromatic carbocycles. The maximum absolute atomic E-state index is 12.1. The molecule has 2 nitrogen and oxygen atoms in total. The number of hydrogen-bond acceptors (Lipinski definition) is 2. The van der Waals surface area contributed by atoms with Crippen LogP contribution >= 0.6 is 0 Å². The number of aromatic hydroxyl groups is 1. The van der Waals surface area contributed by atoms with Crippen LogP contribution in [-0.2, 0) is 0 Å². The minimum absolute atomic E-state index is 0.234. The lowest BCUT2D eigenvalue weighted by Crippen LogP contribution is -1.89. The Hall–Kier alpha value is -1.77. The van der Waals surface area contributed by atoms with Gasteiger partial charge in [0, 0.05) is 6.42 Å². The molecule has 1 atom stereocenters. The third-order valence-corrected chi connectivity index (χ3v) is 1.81. The van der Waals surface area contributed by atoms with Gasteiger partial charge in [-0.05, 0) is 18.1 Å². The van der Waals surface area contributed by atoms with Gasteiger partial charge in [0.05, 0.1) is 5.76 Å². The van der Waals surface area contributed by atoms with Crippen molar-refractivity contribution in [2.45, 2.75) is 13.3 Å². The second-order valence-corrected chi connectivity index (χ2v) is 3.43. The highest BCUT2D eigenvalue weighted by Crippen LogP contribution is 2.11. The van der Waals surface area contributed by atoms with E-state index < -0.39 is 5.82 Å². The fraction of sp³-hybridized carbons (Fsp3) is 0.231. The van der Waals surface area contributed by atoms with Crippen LogP contribution in [0.1, 0.15) is 13.3 Å². The van der Waals surface area contributed by atoms with Gasteiger partial charge in [-0.25, -0.2) is 4.39 Å². The lowest BCUT2D eigenvalue weighted by Gasteiger charge is -2.00. The van der Waals surface area contributed by atoms with Crippen molar-refractivity contribution in [2.24, 2.45) is 5.92 Å². The fourth-order valence-corrected chi connectivity index (χ4v) is 0.907. The van der Waals surface area contributed by atoms with Gasteiger partial charge in [0.2, 0.25) is 0 Å². The summed E-state index contributed by atoms with van der Waals surface area (Å²) in [5, 5.41) is 17.2. The molecule has 0 bridgehead atoms. The highest BCUT2D eigenvalue weighted by atomic mass is 19.1. The molecule has 0 saturated carbocycles. The molecule has 2 N–H and O–H groups in total. The van der Waals surface area contributed by atoms with Crippen molar-refractivity contribution in [2.75, 3.05) is 0 Å². The smallest absolute Gasteiger partial charge is 0.164 e. The summed E-state index contributed by atoms with van der Waals surface area (Å²) in [7, 11) is 0. The number of hydrogen-bond donors (Lipinski definition) is 2. The van der Waals surface area contributed by atoms with Crippen LogP contribution in [0.15, 0.2) is 49.3 Å². The molecule has 0 aliphatic carbocycles. The first-order valence-corrected chi connectivity index (χ1v) is 4.90. The molecule has 0 radical (unpaired) electrons. The molecule has 0 spiro atoms. The fourth-order valence-electron chi connectivity index (χ4n) is 0.907. The number of allylic oxidation sites excluding steroid dienone is 2. The second kappa shape index (κ2) is 7.51. The second-order valence-electron chi connectivity index (χ2n) is 3.43. The highest BCUT2D eigenvalue weighted by Gasteiger charge is 1.95. The Kier molecular flexibility index (Phi) is 6.68. The number of phenolic OH excluding ortho intramolecular Hbond substituents is 1. The van der Waals surface area contributed by atoms with E-state index in [-0.39, 0.29) is 11.5 Å². The summed E-state index contributed by atoms with van der Waals surface area (Å²) < 4.78 is 12.1. The highest BCUT2D eigenvalue weighted by molar-refractivity contribution is 5.21. The van der Waals surface area contributed by atoms with E-state index in [1.54, 1.807) is 12.1 Å². The zero-order valence-corrected chi connectivity index (χ0v) is 9.36. The van der Waals surface area contributed by atoms with Gasteiger partial charge in [0.25, 0.3) is 0 Å². The van der Waals surface area contributed by atoms with E-state index in [1.807, 2.05) is 6.92 Å². The molecule has 1 rings (SSSR count). The topological polar surface area (TPSA) is 40.5 Å². The van der Waals surface area contributed by atoms with Gasteiger partial charge >= 0.3 is 0 Å². The lowest BCUT2D eigenvalue weighted by molar-refractivity contribution is 0.375. The summed E-state index contributed by atoms with van der Waals surface area (Å²) in [6, 6.07) is 5.60. The van der Waals surface area contributed by atoms with Gasteiger partial charge in [-0.2, -0.15) is 0 Å². The molecule has 0 amide bonds. The van der Waals surface area contributed by atoms with Gasteiger partial charge in [-0.1, -0.05) is 31.7 Å². The van der Waals surface area contributed by atoms with E-state index in [4.69, 9.17) is 10.2 Å². The van der Waals surface area contributed by atoms with Gasteiger partial charge in [0.15, 0.2) is 11.6 Å². The average molecular weight is 224 g/mol. The van der Waals surface area contributed by atoms with Crippen LogP contribution in [0, 0.1) is 11.7 Å². The van der Waals surface area contributed by atoms with Crippen LogP contribution in [0.3, 0.4) is 0 Å². The van der Waals surface area contributed by atoms with E-state index in [9.17, 15) is 4.39 Å². The van der Waals surface area contributed by atoms with Crippen LogP contribution in [-0.4, -0.2) is 10.2 Å².